The zero-order valence-corrected chi connectivity index (χ0v) is 6.63. The summed E-state index contributed by atoms with van der Waals surface area (Å²) >= 11 is 0. The number of hydrogen-bond acceptors (Lipinski definition) is 1. The first-order chi connectivity index (χ1) is 4.74. The van der Waals surface area contributed by atoms with Crippen molar-refractivity contribution in [3.05, 3.63) is 11.6 Å². The smallest absolute Gasteiger partial charge is 0.123 e. The highest BCUT2D eigenvalue weighted by molar-refractivity contribution is 5.55. The fraction of sp³-hybridized carbons (Fsp3) is 0.667. The summed E-state index contributed by atoms with van der Waals surface area (Å²) in [6.45, 7) is 4.25. The van der Waals surface area contributed by atoms with Crippen molar-refractivity contribution in [2.45, 2.75) is 26.7 Å². The van der Waals surface area contributed by atoms with E-state index in [1.54, 1.807) is 0 Å². The lowest BCUT2D eigenvalue weighted by Gasteiger charge is -2.21. The molecule has 1 heteroatoms. The lowest BCUT2D eigenvalue weighted by molar-refractivity contribution is -0.112. The number of carbonyl (C=O) groups is 1. The molecule has 0 spiro atoms. The van der Waals surface area contributed by atoms with Gasteiger partial charge in [-0.3, -0.25) is 0 Å². The van der Waals surface area contributed by atoms with Crippen molar-refractivity contribution in [3.8, 4) is 0 Å². The fourth-order valence-corrected chi connectivity index (χ4v) is 1.50. The van der Waals surface area contributed by atoms with E-state index in [-0.39, 0.29) is 5.92 Å². The molecule has 0 heterocycles. The molecule has 0 saturated carbocycles. The average Bonchev–Trinajstić information content (AvgIpc) is 1.88. The summed E-state index contributed by atoms with van der Waals surface area (Å²) in [5, 5.41) is 0. The molecule has 0 N–H and O–H groups in total. The standard InChI is InChI=1S/C9H14O/c1-7-3-4-9(6-10)8(2)5-7/h5-6,8-9H,3-4H2,1-2H3. The predicted molar refractivity (Wildman–Crippen MR) is 41.7 cm³/mol. The maximum atomic E-state index is 10.4. The van der Waals surface area contributed by atoms with Crippen LogP contribution in [0.3, 0.4) is 0 Å². The van der Waals surface area contributed by atoms with Gasteiger partial charge in [-0.15, -0.1) is 0 Å². The van der Waals surface area contributed by atoms with Gasteiger partial charge in [0.15, 0.2) is 0 Å². The van der Waals surface area contributed by atoms with Gasteiger partial charge in [0.2, 0.25) is 0 Å². The second-order valence-corrected chi connectivity index (χ2v) is 3.21. The molecule has 0 aromatic rings. The molecular formula is C9H14O. The molecule has 2 unspecified atom stereocenters. The molecule has 0 fully saturated rings. The molecule has 1 aliphatic carbocycles. The van der Waals surface area contributed by atoms with Gasteiger partial charge in [0.25, 0.3) is 0 Å². The van der Waals surface area contributed by atoms with Gasteiger partial charge in [-0.05, 0) is 25.7 Å². The van der Waals surface area contributed by atoms with E-state index in [2.05, 4.69) is 19.9 Å². The van der Waals surface area contributed by atoms with Crippen molar-refractivity contribution in [1.82, 2.24) is 0 Å². The first-order valence-electron chi connectivity index (χ1n) is 3.86. The van der Waals surface area contributed by atoms with Gasteiger partial charge >= 0.3 is 0 Å². The summed E-state index contributed by atoms with van der Waals surface area (Å²) in [5.41, 5.74) is 1.44. The molecule has 0 amide bonds. The zero-order chi connectivity index (χ0) is 7.56. The minimum absolute atomic E-state index is 0.281. The van der Waals surface area contributed by atoms with Crippen LogP contribution in [0.5, 0.6) is 0 Å². The predicted octanol–water partition coefficient (Wildman–Crippen LogP) is 2.18. The molecule has 0 radical (unpaired) electrons. The Kier molecular flexibility index (Phi) is 2.25. The van der Waals surface area contributed by atoms with Crippen molar-refractivity contribution in [3.63, 3.8) is 0 Å². The van der Waals surface area contributed by atoms with Crippen LogP contribution in [0.4, 0.5) is 0 Å². The molecule has 56 valence electrons. The molecule has 0 aromatic carbocycles. The third-order valence-corrected chi connectivity index (χ3v) is 2.27. The summed E-state index contributed by atoms with van der Waals surface area (Å²) < 4.78 is 0. The van der Waals surface area contributed by atoms with E-state index in [9.17, 15) is 4.79 Å². The quantitative estimate of drug-likeness (QED) is 0.401. The lowest BCUT2D eigenvalue weighted by atomic mass is 9.83. The Morgan fingerprint density at radius 2 is 2.40 bits per heavy atom. The van der Waals surface area contributed by atoms with Crippen LogP contribution < -0.4 is 0 Å². The van der Waals surface area contributed by atoms with Gasteiger partial charge in [0.1, 0.15) is 6.29 Å². The molecule has 1 rings (SSSR count). The van der Waals surface area contributed by atoms with E-state index in [4.69, 9.17) is 0 Å². The second-order valence-electron chi connectivity index (χ2n) is 3.21. The Labute approximate surface area is 62.1 Å². The molecule has 10 heavy (non-hydrogen) atoms. The van der Waals surface area contributed by atoms with Crippen molar-refractivity contribution in [2.24, 2.45) is 11.8 Å². The molecule has 0 aliphatic heterocycles. The zero-order valence-electron chi connectivity index (χ0n) is 6.63. The highest BCUT2D eigenvalue weighted by Gasteiger charge is 2.18. The fourth-order valence-electron chi connectivity index (χ4n) is 1.50. The van der Waals surface area contributed by atoms with Crippen LogP contribution >= 0.6 is 0 Å². The van der Waals surface area contributed by atoms with E-state index >= 15 is 0 Å². The van der Waals surface area contributed by atoms with Gasteiger partial charge in [0.05, 0.1) is 0 Å². The van der Waals surface area contributed by atoms with Crippen molar-refractivity contribution >= 4 is 6.29 Å². The molecule has 0 saturated heterocycles. The Hall–Kier alpha value is -0.590. The normalized spacial score (nSPS) is 33.2. The summed E-state index contributed by atoms with van der Waals surface area (Å²) in [5.74, 6) is 0.745. The van der Waals surface area contributed by atoms with E-state index in [0.29, 0.717) is 5.92 Å². The van der Waals surface area contributed by atoms with E-state index in [1.807, 2.05) is 0 Å². The van der Waals surface area contributed by atoms with Crippen LogP contribution in [0.25, 0.3) is 0 Å². The number of carbonyl (C=O) groups excluding carboxylic acids is 1. The number of rotatable bonds is 1. The van der Waals surface area contributed by atoms with E-state index in [0.717, 1.165) is 19.1 Å². The van der Waals surface area contributed by atoms with Crippen LogP contribution in [-0.2, 0) is 4.79 Å². The summed E-state index contributed by atoms with van der Waals surface area (Å²) in [7, 11) is 0. The third kappa shape index (κ3) is 1.47. The largest absolute Gasteiger partial charge is 0.303 e. The maximum absolute atomic E-state index is 10.4. The SMILES string of the molecule is CC1=CC(C)C(C=O)CC1. The minimum Gasteiger partial charge on any atom is -0.303 e. The number of hydrogen-bond donors (Lipinski definition) is 0. The topological polar surface area (TPSA) is 17.1 Å². The van der Waals surface area contributed by atoms with Crippen LogP contribution in [0.2, 0.25) is 0 Å². The van der Waals surface area contributed by atoms with Gasteiger partial charge in [-0.25, -0.2) is 0 Å². The lowest BCUT2D eigenvalue weighted by Crippen LogP contribution is -2.15. The van der Waals surface area contributed by atoms with Crippen LogP contribution in [0, 0.1) is 11.8 Å². The van der Waals surface area contributed by atoms with Crippen LogP contribution in [0.15, 0.2) is 11.6 Å². The van der Waals surface area contributed by atoms with Crippen molar-refractivity contribution in [2.75, 3.05) is 0 Å². The molecule has 0 bridgehead atoms. The average molecular weight is 138 g/mol. The Morgan fingerprint density at radius 1 is 1.70 bits per heavy atom. The Balaban J connectivity index is 2.63. The molecule has 0 aromatic heterocycles. The summed E-state index contributed by atoms with van der Waals surface area (Å²) in [6.07, 6.45) is 5.46. The first kappa shape index (κ1) is 7.52. The Morgan fingerprint density at radius 3 is 2.90 bits per heavy atom. The van der Waals surface area contributed by atoms with Gasteiger partial charge in [-0.1, -0.05) is 18.6 Å². The summed E-state index contributed by atoms with van der Waals surface area (Å²) in [4.78, 5) is 10.4. The number of allylic oxidation sites excluding steroid dienone is 2. The minimum atomic E-state index is 0.281. The number of aldehydes is 1. The van der Waals surface area contributed by atoms with Gasteiger partial charge in [-0.2, -0.15) is 0 Å². The van der Waals surface area contributed by atoms with Crippen LogP contribution in [-0.4, -0.2) is 6.29 Å². The molecule has 1 aliphatic rings. The monoisotopic (exact) mass is 138 g/mol. The second kappa shape index (κ2) is 3.00. The van der Waals surface area contributed by atoms with E-state index < -0.39 is 0 Å². The summed E-state index contributed by atoms with van der Waals surface area (Å²) in [6, 6.07) is 0. The molecule has 2 atom stereocenters. The van der Waals surface area contributed by atoms with Gasteiger partial charge < -0.3 is 4.79 Å². The molecule has 1 nitrogen and oxygen atoms in total. The molecular weight excluding hydrogens is 124 g/mol. The van der Waals surface area contributed by atoms with Gasteiger partial charge in [0, 0.05) is 5.92 Å². The van der Waals surface area contributed by atoms with Crippen molar-refractivity contribution in [1.29, 1.82) is 0 Å². The maximum Gasteiger partial charge on any atom is 0.123 e. The third-order valence-electron chi connectivity index (χ3n) is 2.27. The van der Waals surface area contributed by atoms with Crippen molar-refractivity contribution < 1.29 is 4.79 Å². The Bertz CT molecular complexity index is 158. The van der Waals surface area contributed by atoms with E-state index in [1.165, 1.54) is 5.57 Å². The first-order valence-corrected chi connectivity index (χ1v) is 3.86. The highest BCUT2D eigenvalue weighted by Crippen LogP contribution is 2.26. The highest BCUT2D eigenvalue weighted by atomic mass is 16.1. The van der Waals surface area contributed by atoms with Crippen LogP contribution in [0.1, 0.15) is 26.7 Å².